The van der Waals surface area contributed by atoms with Gasteiger partial charge in [0.25, 0.3) is 0 Å². The summed E-state index contributed by atoms with van der Waals surface area (Å²) in [4.78, 5) is 2.35. The molecular formula is C15H19FN4S2. The van der Waals surface area contributed by atoms with Gasteiger partial charge in [0.1, 0.15) is 5.82 Å². The fraction of sp³-hybridized carbons (Fsp3) is 0.467. The van der Waals surface area contributed by atoms with Crippen LogP contribution in [0.3, 0.4) is 0 Å². The molecule has 7 heteroatoms. The summed E-state index contributed by atoms with van der Waals surface area (Å²) in [5.74, 6) is 0.544. The third-order valence-corrected chi connectivity index (χ3v) is 4.94. The lowest BCUT2D eigenvalue weighted by Crippen LogP contribution is -2.28. The third kappa shape index (κ3) is 3.91. The first-order valence-corrected chi connectivity index (χ1v) is 8.70. The molecule has 0 aliphatic heterocycles. The number of para-hydroxylation sites is 1. The van der Waals surface area contributed by atoms with Crippen molar-refractivity contribution in [3.05, 3.63) is 34.0 Å². The van der Waals surface area contributed by atoms with Crippen LogP contribution in [0, 0.1) is 15.7 Å². The highest BCUT2D eigenvalue weighted by Gasteiger charge is 2.24. The van der Waals surface area contributed by atoms with Gasteiger partial charge in [0.15, 0.2) is 3.95 Å². The van der Waals surface area contributed by atoms with E-state index in [0.29, 0.717) is 21.4 Å². The fourth-order valence-corrected chi connectivity index (χ4v) is 3.27. The summed E-state index contributed by atoms with van der Waals surface area (Å²) in [6.07, 6.45) is 2.66. The summed E-state index contributed by atoms with van der Waals surface area (Å²) in [5, 5.41) is 8.10. The highest BCUT2D eigenvalue weighted by atomic mass is 32.1. The van der Waals surface area contributed by atoms with Gasteiger partial charge in [0, 0.05) is 6.54 Å². The number of aromatic nitrogens is 2. The topological polar surface area (TPSA) is 33.1 Å². The summed E-state index contributed by atoms with van der Waals surface area (Å²) in [6, 6.07) is 6.57. The standard InChI is InChI=1S/C15H19FN4S2/c1-2-19(9-11-7-8-11)10-20-15(21)22-14(18-20)17-13-6-4-3-5-12(13)16/h3-6,11H,2,7-10H2,1H3,(H,17,18). The van der Waals surface area contributed by atoms with Crippen LogP contribution in [0.5, 0.6) is 0 Å². The predicted molar refractivity (Wildman–Crippen MR) is 90.6 cm³/mol. The van der Waals surface area contributed by atoms with E-state index in [-0.39, 0.29) is 5.82 Å². The van der Waals surface area contributed by atoms with Crippen LogP contribution in [0.2, 0.25) is 0 Å². The van der Waals surface area contributed by atoms with Crippen molar-refractivity contribution in [1.29, 1.82) is 0 Å². The molecule has 0 atom stereocenters. The Morgan fingerprint density at radius 1 is 1.45 bits per heavy atom. The SMILES string of the molecule is CCN(CC1CC1)Cn1nc(Nc2ccccc2F)sc1=S. The van der Waals surface area contributed by atoms with E-state index in [2.05, 4.69) is 22.2 Å². The van der Waals surface area contributed by atoms with E-state index >= 15 is 0 Å². The van der Waals surface area contributed by atoms with E-state index in [1.807, 2.05) is 4.68 Å². The van der Waals surface area contributed by atoms with Gasteiger partial charge >= 0.3 is 0 Å². The van der Waals surface area contributed by atoms with E-state index in [0.717, 1.165) is 19.0 Å². The minimum absolute atomic E-state index is 0.293. The number of nitrogens with one attached hydrogen (secondary N) is 1. The second kappa shape index (κ2) is 6.85. The molecule has 1 aliphatic rings. The lowest BCUT2D eigenvalue weighted by atomic mass is 10.3. The Morgan fingerprint density at radius 3 is 2.91 bits per heavy atom. The van der Waals surface area contributed by atoms with Gasteiger partial charge in [-0.3, -0.25) is 4.90 Å². The highest BCUT2D eigenvalue weighted by Crippen LogP contribution is 2.30. The van der Waals surface area contributed by atoms with E-state index in [4.69, 9.17) is 12.2 Å². The van der Waals surface area contributed by atoms with Crippen LogP contribution < -0.4 is 5.32 Å². The number of benzene rings is 1. The lowest BCUT2D eigenvalue weighted by molar-refractivity contribution is 0.208. The normalized spacial score (nSPS) is 14.5. The van der Waals surface area contributed by atoms with Crippen LogP contribution in [0.1, 0.15) is 19.8 Å². The maximum absolute atomic E-state index is 13.7. The number of hydrogen-bond donors (Lipinski definition) is 1. The second-order valence-electron chi connectivity index (χ2n) is 5.53. The largest absolute Gasteiger partial charge is 0.328 e. The molecule has 0 radical (unpaired) electrons. The number of nitrogens with zero attached hydrogens (tertiary/aromatic N) is 3. The Balaban J connectivity index is 1.70. The Hall–Kier alpha value is -1.31. The van der Waals surface area contributed by atoms with Gasteiger partial charge in [-0.1, -0.05) is 30.4 Å². The molecular weight excluding hydrogens is 319 g/mol. The van der Waals surface area contributed by atoms with Crippen LogP contribution in [0.25, 0.3) is 0 Å². The molecule has 22 heavy (non-hydrogen) atoms. The molecule has 4 nitrogen and oxygen atoms in total. The molecule has 1 aliphatic carbocycles. The van der Waals surface area contributed by atoms with Gasteiger partial charge in [0.2, 0.25) is 5.13 Å². The van der Waals surface area contributed by atoms with Crippen molar-refractivity contribution in [2.45, 2.75) is 26.4 Å². The van der Waals surface area contributed by atoms with E-state index in [1.165, 1.54) is 30.2 Å². The van der Waals surface area contributed by atoms with Crippen LogP contribution >= 0.6 is 23.6 Å². The fourth-order valence-electron chi connectivity index (χ4n) is 2.27. The van der Waals surface area contributed by atoms with Crippen LogP contribution in [-0.2, 0) is 6.67 Å². The third-order valence-electron chi connectivity index (χ3n) is 3.72. The van der Waals surface area contributed by atoms with E-state index in [1.54, 1.807) is 18.2 Å². The molecule has 0 bridgehead atoms. The van der Waals surface area contributed by atoms with Crippen LogP contribution in [0.4, 0.5) is 15.2 Å². The van der Waals surface area contributed by atoms with Crippen molar-refractivity contribution in [1.82, 2.24) is 14.7 Å². The van der Waals surface area contributed by atoms with Crippen molar-refractivity contribution < 1.29 is 4.39 Å². The zero-order chi connectivity index (χ0) is 15.5. The molecule has 0 spiro atoms. The summed E-state index contributed by atoms with van der Waals surface area (Å²) in [7, 11) is 0. The van der Waals surface area contributed by atoms with Crippen molar-refractivity contribution in [3.8, 4) is 0 Å². The molecule has 0 unspecified atom stereocenters. The van der Waals surface area contributed by atoms with E-state index < -0.39 is 0 Å². The Kier molecular flexibility index (Phi) is 4.85. The number of rotatable bonds is 7. The summed E-state index contributed by atoms with van der Waals surface area (Å²) in [5.41, 5.74) is 0.420. The average molecular weight is 338 g/mol. The van der Waals surface area contributed by atoms with Gasteiger partial charge in [-0.2, -0.15) is 0 Å². The molecule has 1 fully saturated rings. The smallest absolute Gasteiger partial charge is 0.209 e. The van der Waals surface area contributed by atoms with Crippen molar-refractivity contribution in [2.24, 2.45) is 5.92 Å². The second-order valence-corrected chi connectivity index (χ2v) is 7.15. The predicted octanol–water partition coefficient (Wildman–Crippen LogP) is 4.25. The van der Waals surface area contributed by atoms with Gasteiger partial charge in [0.05, 0.1) is 12.4 Å². The maximum atomic E-state index is 13.7. The van der Waals surface area contributed by atoms with Gasteiger partial charge in [-0.05, 0) is 49.7 Å². The molecule has 0 amide bonds. The van der Waals surface area contributed by atoms with E-state index in [9.17, 15) is 4.39 Å². The summed E-state index contributed by atoms with van der Waals surface area (Å²) >= 11 is 6.74. The summed E-state index contributed by atoms with van der Waals surface area (Å²) < 4.78 is 16.2. The monoisotopic (exact) mass is 338 g/mol. The molecule has 1 heterocycles. The number of hydrogen-bond acceptors (Lipinski definition) is 5. The van der Waals surface area contributed by atoms with Gasteiger partial charge in [-0.15, -0.1) is 5.10 Å². The Bertz CT molecular complexity index is 693. The number of halogens is 1. The first kappa shape index (κ1) is 15.6. The molecule has 1 aromatic heterocycles. The quantitative estimate of drug-likeness (QED) is 0.765. The summed E-state index contributed by atoms with van der Waals surface area (Å²) in [6.45, 7) is 4.93. The Morgan fingerprint density at radius 2 is 2.23 bits per heavy atom. The molecule has 118 valence electrons. The van der Waals surface area contributed by atoms with Gasteiger partial charge < -0.3 is 5.32 Å². The maximum Gasteiger partial charge on any atom is 0.209 e. The zero-order valence-corrected chi connectivity index (χ0v) is 14.1. The Labute approximate surface area is 138 Å². The van der Waals surface area contributed by atoms with Crippen molar-refractivity contribution in [3.63, 3.8) is 0 Å². The average Bonchev–Trinajstić information content (AvgIpc) is 3.25. The first-order valence-electron chi connectivity index (χ1n) is 7.47. The first-order chi connectivity index (χ1) is 10.7. The lowest BCUT2D eigenvalue weighted by Gasteiger charge is -2.19. The minimum atomic E-state index is -0.293. The molecule has 3 rings (SSSR count). The molecule has 1 N–H and O–H groups in total. The van der Waals surface area contributed by atoms with Crippen molar-refractivity contribution in [2.75, 3.05) is 18.4 Å². The number of anilines is 2. The van der Waals surface area contributed by atoms with Gasteiger partial charge in [-0.25, -0.2) is 9.07 Å². The highest BCUT2D eigenvalue weighted by molar-refractivity contribution is 7.73. The molecule has 1 saturated carbocycles. The van der Waals surface area contributed by atoms with Crippen molar-refractivity contribution >= 4 is 34.4 Å². The van der Waals surface area contributed by atoms with Crippen LogP contribution in [0.15, 0.2) is 24.3 Å². The molecule has 1 aromatic carbocycles. The minimum Gasteiger partial charge on any atom is -0.328 e. The molecule has 0 saturated heterocycles. The molecule has 2 aromatic rings. The van der Waals surface area contributed by atoms with Crippen LogP contribution in [-0.4, -0.2) is 27.8 Å². The zero-order valence-electron chi connectivity index (χ0n) is 12.5.